The molecule has 23 heavy (non-hydrogen) atoms. The van der Waals surface area contributed by atoms with Gasteiger partial charge in [0.2, 0.25) is 5.91 Å². The van der Waals surface area contributed by atoms with Crippen LogP contribution in [-0.2, 0) is 17.6 Å². The van der Waals surface area contributed by atoms with Crippen LogP contribution < -0.4 is 5.32 Å². The summed E-state index contributed by atoms with van der Waals surface area (Å²) in [6.07, 6.45) is 9.74. The Morgan fingerprint density at radius 2 is 2.09 bits per heavy atom. The summed E-state index contributed by atoms with van der Waals surface area (Å²) in [7, 11) is 0. The number of amides is 1. The summed E-state index contributed by atoms with van der Waals surface area (Å²) in [5.41, 5.74) is 5.38. The molecule has 3 nitrogen and oxygen atoms in total. The molecule has 0 spiro atoms. The molecule has 1 aliphatic heterocycles. The van der Waals surface area contributed by atoms with E-state index in [1.54, 1.807) is 0 Å². The largest absolute Gasteiger partial charge is 0.325 e. The molecule has 0 saturated carbocycles. The summed E-state index contributed by atoms with van der Waals surface area (Å²) < 4.78 is 0. The van der Waals surface area contributed by atoms with Gasteiger partial charge in [0.1, 0.15) is 0 Å². The van der Waals surface area contributed by atoms with Gasteiger partial charge in [-0.1, -0.05) is 39.0 Å². The fourth-order valence-corrected chi connectivity index (χ4v) is 2.92. The van der Waals surface area contributed by atoms with E-state index in [0.29, 0.717) is 0 Å². The molecule has 118 valence electrons. The lowest BCUT2D eigenvalue weighted by molar-refractivity contribution is -0.124. The van der Waals surface area contributed by atoms with Crippen LogP contribution >= 0.6 is 0 Å². The van der Waals surface area contributed by atoms with E-state index in [1.165, 1.54) is 16.7 Å². The van der Waals surface area contributed by atoms with Crippen LogP contribution in [0.2, 0.25) is 0 Å². The summed E-state index contributed by atoms with van der Waals surface area (Å²) in [4.78, 5) is 16.2. The van der Waals surface area contributed by atoms with Crippen molar-refractivity contribution in [1.29, 1.82) is 0 Å². The highest BCUT2D eigenvalue weighted by Gasteiger charge is 2.33. The molecule has 1 N–H and O–H groups in total. The molecule has 2 aromatic rings. The number of carbonyl (C=O) groups is 1. The second-order valence-electron chi connectivity index (χ2n) is 6.69. The maximum absolute atomic E-state index is 12.0. The molecule has 1 aromatic carbocycles. The van der Waals surface area contributed by atoms with E-state index >= 15 is 0 Å². The Morgan fingerprint density at radius 3 is 2.87 bits per heavy atom. The van der Waals surface area contributed by atoms with Gasteiger partial charge in [0.15, 0.2) is 0 Å². The molecule has 0 atom stereocenters. The zero-order valence-corrected chi connectivity index (χ0v) is 13.9. The Balaban J connectivity index is 1.88. The minimum Gasteiger partial charge on any atom is -0.325 e. The third-order valence-electron chi connectivity index (χ3n) is 4.40. The predicted molar refractivity (Wildman–Crippen MR) is 95.1 cm³/mol. The van der Waals surface area contributed by atoms with Crippen LogP contribution in [-0.4, -0.2) is 10.9 Å². The Kier molecular flexibility index (Phi) is 4.03. The number of hydrogen-bond donors (Lipinski definition) is 1. The number of benzene rings is 1. The van der Waals surface area contributed by atoms with Gasteiger partial charge >= 0.3 is 0 Å². The summed E-state index contributed by atoms with van der Waals surface area (Å²) in [5, 5.41) is 3.00. The number of nitrogens with zero attached hydrogens (tertiary/aromatic N) is 1. The van der Waals surface area contributed by atoms with E-state index < -0.39 is 0 Å². The van der Waals surface area contributed by atoms with E-state index in [9.17, 15) is 4.79 Å². The van der Waals surface area contributed by atoms with Crippen molar-refractivity contribution in [1.82, 2.24) is 4.98 Å². The average molecular weight is 306 g/mol. The number of nitrogens with one attached hydrogen (secondary N) is 1. The molecule has 0 saturated heterocycles. The summed E-state index contributed by atoms with van der Waals surface area (Å²) >= 11 is 0. The van der Waals surface area contributed by atoms with Gasteiger partial charge in [0.05, 0.1) is 0 Å². The fourth-order valence-electron chi connectivity index (χ4n) is 2.92. The number of pyridine rings is 1. The Hall–Kier alpha value is -2.42. The highest BCUT2D eigenvalue weighted by Crippen LogP contribution is 2.33. The van der Waals surface area contributed by atoms with Crippen molar-refractivity contribution in [2.45, 2.75) is 33.6 Å². The molecule has 0 unspecified atom stereocenters. The Bertz CT molecular complexity index is 775. The molecule has 2 heterocycles. The van der Waals surface area contributed by atoms with Gasteiger partial charge in [0, 0.05) is 23.5 Å². The van der Waals surface area contributed by atoms with Crippen molar-refractivity contribution in [2.75, 3.05) is 5.32 Å². The molecule has 3 heteroatoms. The van der Waals surface area contributed by atoms with Gasteiger partial charge in [-0.25, -0.2) is 0 Å². The molecule has 1 amide bonds. The normalized spacial score (nSPS) is 16.2. The average Bonchev–Trinajstić information content (AvgIpc) is 2.54. The smallest absolute Gasteiger partial charge is 0.230 e. The summed E-state index contributed by atoms with van der Waals surface area (Å²) in [6, 6.07) is 8.24. The number of aromatic nitrogens is 1. The van der Waals surface area contributed by atoms with E-state index in [1.807, 2.05) is 44.4 Å². The van der Waals surface area contributed by atoms with Crippen molar-refractivity contribution >= 4 is 23.7 Å². The van der Waals surface area contributed by atoms with Crippen molar-refractivity contribution in [3.05, 3.63) is 58.9 Å². The SMILES string of the molecule is CCc1cnccc1/C=C/c1ccc2c(c1)CC(C)(C)C(=O)N2. The highest BCUT2D eigenvalue weighted by molar-refractivity contribution is 5.98. The number of aryl methyl sites for hydroxylation is 1. The molecule has 0 fully saturated rings. The van der Waals surface area contributed by atoms with Crippen molar-refractivity contribution in [3.8, 4) is 0 Å². The van der Waals surface area contributed by atoms with Crippen LogP contribution in [0.25, 0.3) is 12.2 Å². The minimum atomic E-state index is -0.351. The van der Waals surface area contributed by atoms with Crippen LogP contribution in [0.15, 0.2) is 36.7 Å². The summed E-state index contributed by atoms with van der Waals surface area (Å²) in [5.74, 6) is 0.0951. The number of hydrogen-bond acceptors (Lipinski definition) is 2. The number of carbonyl (C=O) groups excluding carboxylic acids is 1. The third kappa shape index (κ3) is 3.19. The van der Waals surface area contributed by atoms with Crippen LogP contribution in [0, 0.1) is 5.41 Å². The first-order chi connectivity index (χ1) is 11.0. The first-order valence-corrected chi connectivity index (χ1v) is 8.05. The molecular formula is C20H22N2O. The van der Waals surface area contributed by atoms with E-state index in [4.69, 9.17) is 0 Å². The van der Waals surface area contributed by atoms with E-state index in [-0.39, 0.29) is 11.3 Å². The highest BCUT2D eigenvalue weighted by atomic mass is 16.2. The van der Waals surface area contributed by atoms with Gasteiger partial charge < -0.3 is 5.32 Å². The van der Waals surface area contributed by atoms with E-state index in [2.05, 4.69) is 35.4 Å². The lowest BCUT2D eigenvalue weighted by Gasteiger charge is -2.30. The Labute approximate surface area is 137 Å². The van der Waals surface area contributed by atoms with Gasteiger partial charge in [-0.2, -0.15) is 0 Å². The molecule has 3 rings (SSSR count). The van der Waals surface area contributed by atoms with E-state index in [0.717, 1.165) is 24.1 Å². The topological polar surface area (TPSA) is 42.0 Å². The summed E-state index contributed by atoms with van der Waals surface area (Å²) in [6.45, 7) is 6.11. The molecule has 0 aliphatic carbocycles. The van der Waals surface area contributed by atoms with Crippen LogP contribution in [0.3, 0.4) is 0 Å². The third-order valence-corrected chi connectivity index (χ3v) is 4.40. The number of anilines is 1. The maximum atomic E-state index is 12.0. The second-order valence-corrected chi connectivity index (χ2v) is 6.69. The van der Waals surface area contributed by atoms with Crippen molar-refractivity contribution in [2.24, 2.45) is 5.41 Å². The first-order valence-electron chi connectivity index (χ1n) is 8.05. The maximum Gasteiger partial charge on any atom is 0.230 e. The number of rotatable bonds is 3. The predicted octanol–water partition coefficient (Wildman–Crippen LogP) is 4.34. The van der Waals surface area contributed by atoms with Gasteiger partial charge in [-0.05, 0) is 53.3 Å². The standard InChI is InChI=1S/C20H22N2O/c1-4-15-13-21-10-9-16(15)7-5-14-6-8-18-17(11-14)12-20(2,3)19(23)22-18/h5-11,13H,4,12H2,1-3H3,(H,22,23)/b7-5+. The lowest BCUT2D eigenvalue weighted by Crippen LogP contribution is -2.37. The second kappa shape index (κ2) is 5.99. The fraction of sp³-hybridized carbons (Fsp3) is 0.300. The van der Waals surface area contributed by atoms with Gasteiger partial charge in [-0.15, -0.1) is 0 Å². The zero-order chi connectivity index (χ0) is 16.4. The first kappa shape index (κ1) is 15.5. The van der Waals surface area contributed by atoms with Crippen LogP contribution in [0.5, 0.6) is 0 Å². The molecule has 0 radical (unpaired) electrons. The molecular weight excluding hydrogens is 284 g/mol. The quantitative estimate of drug-likeness (QED) is 0.916. The lowest BCUT2D eigenvalue weighted by atomic mass is 9.81. The molecule has 1 aliphatic rings. The number of fused-ring (bicyclic) bond motifs is 1. The van der Waals surface area contributed by atoms with Crippen LogP contribution in [0.4, 0.5) is 5.69 Å². The van der Waals surface area contributed by atoms with Crippen molar-refractivity contribution < 1.29 is 4.79 Å². The Morgan fingerprint density at radius 1 is 1.26 bits per heavy atom. The van der Waals surface area contributed by atoms with Gasteiger partial charge in [-0.3, -0.25) is 9.78 Å². The monoisotopic (exact) mass is 306 g/mol. The molecule has 1 aromatic heterocycles. The van der Waals surface area contributed by atoms with Gasteiger partial charge in [0.25, 0.3) is 0 Å². The minimum absolute atomic E-state index is 0.0951. The molecule has 0 bridgehead atoms. The van der Waals surface area contributed by atoms with Crippen LogP contribution in [0.1, 0.15) is 43.0 Å². The zero-order valence-electron chi connectivity index (χ0n) is 13.9. The van der Waals surface area contributed by atoms with Crippen molar-refractivity contribution in [3.63, 3.8) is 0 Å².